The molecule has 0 bridgehead atoms. The minimum absolute atomic E-state index is 0.359. The van der Waals surface area contributed by atoms with Crippen LogP contribution in [0.15, 0.2) is 53.4 Å². The lowest BCUT2D eigenvalue weighted by Gasteiger charge is -2.05. The molecule has 0 spiro atoms. The van der Waals surface area contributed by atoms with Gasteiger partial charge in [0.15, 0.2) is 0 Å². The highest BCUT2D eigenvalue weighted by Gasteiger charge is 2.10. The molecule has 0 atom stereocenters. The van der Waals surface area contributed by atoms with Crippen LogP contribution in [0.5, 0.6) is 0 Å². The van der Waals surface area contributed by atoms with Crippen LogP contribution in [0.4, 0.5) is 0 Å². The molecule has 0 aliphatic heterocycles. The summed E-state index contributed by atoms with van der Waals surface area (Å²) >= 11 is 7.00. The van der Waals surface area contributed by atoms with E-state index < -0.39 is 0 Å². The van der Waals surface area contributed by atoms with Gasteiger partial charge in [-0.25, -0.2) is 4.79 Å². The minimum Gasteiger partial charge on any atom is -0.382 e. The highest BCUT2D eigenvalue weighted by atomic mass is 35.5. The zero-order chi connectivity index (χ0) is 15.1. The van der Waals surface area contributed by atoms with E-state index in [0.717, 1.165) is 36.2 Å². The van der Waals surface area contributed by atoms with Gasteiger partial charge in [0.25, 0.3) is 0 Å². The molecule has 0 N–H and O–H groups in total. The third-order valence-corrected chi connectivity index (χ3v) is 4.26. The maximum Gasteiger partial charge on any atom is 0.350 e. The summed E-state index contributed by atoms with van der Waals surface area (Å²) in [6.07, 6.45) is 3.37. The third-order valence-electron chi connectivity index (χ3n) is 3.05. The summed E-state index contributed by atoms with van der Waals surface area (Å²) in [5.41, 5.74) is 1.79. The molecule has 0 aromatic heterocycles. The van der Waals surface area contributed by atoms with E-state index in [-0.39, 0.29) is 5.97 Å². The standard InChI is InChI=1S/C17H17ClO2S/c1-2-3-6-13-9-11-14(12-10-13)17(19)20-21-16-8-5-4-7-15(16)18/h4-5,7-12H,2-3,6H2,1H3. The smallest absolute Gasteiger partial charge is 0.350 e. The molecule has 0 unspecified atom stereocenters. The molecule has 0 aliphatic carbocycles. The zero-order valence-electron chi connectivity index (χ0n) is 11.8. The van der Waals surface area contributed by atoms with Crippen molar-refractivity contribution < 1.29 is 8.98 Å². The van der Waals surface area contributed by atoms with Crippen molar-refractivity contribution in [1.29, 1.82) is 0 Å². The first kappa shape index (κ1) is 15.9. The molecule has 0 fully saturated rings. The predicted molar refractivity (Wildman–Crippen MR) is 87.8 cm³/mol. The fourth-order valence-corrected chi connectivity index (χ4v) is 2.61. The maximum atomic E-state index is 12.0. The largest absolute Gasteiger partial charge is 0.382 e. The summed E-state index contributed by atoms with van der Waals surface area (Å²) in [5, 5.41) is 0.574. The molecule has 0 radical (unpaired) electrons. The summed E-state index contributed by atoms with van der Waals surface area (Å²) in [5.74, 6) is -0.359. The normalized spacial score (nSPS) is 10.4. The molecule has 0 heterocycles. The number of unbranched alkanes of at least 4 members (excludes halogenated alkanes) is 1. The summed E-state index contributed by atoms with van der Waals surface area (Å²) < 4.78 is 5.21. The van der Waals surface area contributed by atoms with Crippen molar-refractivity contribution in [2.75, 3.05) is 0 Å². The van der Waals surface area contributed by atoms with Crippen molar-refractivity contribution in [3.63, 3.8) is 0 Å². The molecule has 0 amide bonds. The SMILES string of the molecule is CCCCc1ccc(C(=O)OSc2ccccc2Cl)cc1. The van der Waals surface area contributed by atoms with Crippen LogP contribution in [0.3, 0.4) is 0 Å². The van der Waals surface area contributed by atoms with Gasteiger partial charge >= 0.3 is 5.97 Å². The number of rotatable bonds is 6. The monoisotopic (exact) mass is 320 g/mol. The summed E-state index contributed by atoms with van der Waals surface area (Å²) in [6, 6.07) is 14.8. The highest BCUT2D eigenvalue weighted by molar-refractivity contribution is 7.95. The van der Waals surface area contributed by atoms with Crippen molar-refractivity contribution in [3.8, 4) is 0 Å². The van der Waals surface area contributed by atoms with E-state index in [1.165, 1.54) is 5.56 Å². The first-order chi connectivity index (χ1) is 10.2. The van der Waals surface area contributed by atoms with Crippen molar-refractivity contribution in [2.24, 2.45) is 0 Å². The number of carbonyl (C=O) groups excluding carboxylic acids is 1. The molecule has 2 aromatic carbocycles. The van der Waals surface area contributed by atoms with E-state index in [4.69, 9.17) is 15.8 Å². The van der Waals surface area contributed by atoms with Crippen LogP contribution < -0.4 is 0 Å². The number of halogens is 1. The molecule has 2 rings (SSSR count). The molecule has 0 saturated carbocycles. The first-order valence-corrected chi connectivity index (χ1v) is 8.05. The van der Waals surface area contributed by atoms with Crippen LogP contribution in [-0.2, 0) is 10.6 Å². The van der Waals surface area contributed by atoms with Crippen molar-refractivity contribution >= 4 is 29.6 Å². The second kappa shape index (κ2) is 8.11. The lowest BCUT2D eigenvalue weighted by molar-refractivity contribution is 0.0768. The van der Waals surface area contributed by atoms with E-state index in [1.807, 2.05) is 30.3 Å². The third kappa shape index (κ3) is 4.80. The number of aryl methyl sites for hydroxylation is 1. The molecular weight excluding hydrogens is 304 g/mol. The number of hydrogen-bond donors (Lipinski definition) is 0. The average Bonchev–Trinajstić information content (AvgIpc) is 2.52. The predicted octanol–water partition coefficient (Wildman–Crippen LogP) is 5.55. The van der Waals surface area contributed by atoms with Gasteiger partial charge in [-0.1, -0.05) is 49.2 Å². The van der Waals surface area contributed by atoms with Crippen LogP contribution in [0.25, 0.3) is 0 Å². The summed E-state index contributed by atoms with van der Waals surface area (Å²) in [6.45, 7) is 2.16. The molecule has 2 aromatic rings. The Morgan fingerprint density at radius 3 is 2.52 bits per heavy atom. The van der Waals surface area contributed by atoms with Gasteiger partial charge in [-0.15, -0.1) is 0 Å². The second-order valence-electron chi connectivity index (χ2n) is 4.69. The van der Waals surface area contributed by atoms with Crippen LogP contribution in [0, 0.1) is 0 Å². The Labute approximate surface area is 134 Å². The summed E-state index contributed by atoms with van der Waals surface area (Å²) in [4.78, 5) is 12.7. The Balaban J connectivity index is 1.93. The van der Waals surface area contributed by atoms with Gasteiger partial charge in [-0.2, -0.15) is 0 Å². The van der Waals surface area contributed by atoms with Crippen LogP contribution in [0.2, 0.25) is 5.02 Å². The number of hydrogen-bond acceptors (Lipinski definition) is 3. The number of carbonyl (C=O) groups is 1. The molecule has 4 heteroatoms. The Bertz CT molecular complexity index is 596. The van der Waals surface area contributed by atoms with Crippen molar-refractivity contribution in [3.05, 3.63) is 64.7 Å². The fourth-order valence-electron chi connectivity index (χ4n) is 1.83. The zero-order valence-corrected chi connectivity index (χ0v) is 13.4. The topological polar surface area (TPSA) is 26.3 Å². The van der Waals surface area contributed by atoms with E-state index in [9.17, 15) is 4.79 Å². The van der Waals surface area contributed by atoms with Crippen LogP contribution in [0.1, 0.15) is 35.7 Å². The maximum absolute atomic E-state index is 12.0. The minimum atomic E-state index is -0.359. The Kier molecular flexibility index (Phi) is 6.15. The second-order valence-corrected chi connectivity index (χ2v) is 5.87. The Morgan fingerprint density at radius 1 is 1.14 bits per heavy atom. The lowest BCUT2D eigenvalue weighted by Crippen LogP contribution is -2.00. The first-order valence-electron chi connectivity index (χ1n) is 6.93. The molecule has 0 aliphatic rings. The molecule has 2 nitrogen and oxygen atoms in total. The van der Waals surface area contributed by atoms with Gasteiger partial charge in [0, 0.05) is 0 Å². The molecule has 110 valence electrons. The van der Waals surface area contributed by atoms with Gasteiger partial charge in [0.2, 0.25) is 0 Å². The van der Waals surface area contributed by atoms with Crippen LogP contribution in [-0.4, -0.2) is 5.97 Å². The van der Waals surface area contributed by atoms with Gasteiger partial charge in [0.05, 0.1) is 27.5 Å². The quantitative estimate of drug-likeness (QED) is 0.653. The van der Waals surface area contributed by atoms with Gasteiger partial charge < -0.3 is 4.18 Å². The van der Waals surface area contributed by atoms with Gasteiger partial charge in [0.1, 0.15) is 0 Å². The van der Waals surface area contributed by atoms with Gasteiger partial charge in [-0.3, -0.25) is 0 Å². The summed E-state index contributed by atoms with van der Waals surface area (Å²) in [7, 11) is 0. The van der Waals surface area contributed by atoms with Crippen molar-refractivity contribution in [1.82, 2.24) is 0 Å². The van der Waals surface area contributed by atoms with Crippen molar-refractivity contribution in [2.45, 2.75) is 31.1 Å². The van der Waals surface area contributed by atoms with Gasteiger partial charge in [-0.05, 0) is 42.7 Å². The van der Waals surface area contributed by atoms with Crippen LogP contribution >= 0.6 is 23.6 Å². The highest BCUT2D eigenvalue weighted by Crippen LogP contribution is 2.28. The Morgan fingerprint density at radius 2 is 1.86 bits per heavy atom. The van der Waals surface area contributed by atoms with E-state index >= 15 is 0 Å². The van der Waals surface area contributed by atoms with E-state index in [1.54, 1.807) is 18.2 Å². The lowest BCUT2D eigenvalue weighted by atomic mass is 10.1. The van der Waals surface area contributed by atoms with E-state index in [2.05, 4.69) is 6.92 Å². The molecule has 0 saturated heterocycles. The fraction of sp³-hybridized carbons (Fsp3) is 0.235. The van der Waals surface area contributed by atoms with E-state index in [0.29, 0.717) is 10.6 Å². The molecule has 21 heavy (non-hydrogen) atoms. The Hall–Kier alpha value is -1.45. The average molecular weight is 321 g/mol. The number of benzene rings is 2. The molecular formula is C17H17ClO2S.